The van der Waals surface area contributed by atoms with Gasteiger partial charge in [-0.3, -0.25) is 0 Å². The van der Waals surface area contributed by atoms with Crippen molar-refractivity contribution in [1.82, 2.24) is 19.7 Å². The molecule has 0 saturated carbocycles. The zero-order valence-corrected chi connectivity index (χ0v) is 10.7. The first-order valence-electron chi connectivity index (χ1n) is 5.34. The van der Waals surface area contributed by atoms with Crippen molar-refractivity contribution < 1.29 is 9.53 Å². The highest BCUT2D eigenvalue weighted by Crippen LogP contribution is 2.14. The highest BCUT2D eigenvalue weighted by Gasteiger charge is 2.16. The van der Waals surface area contributed by atoms with Crippen molar-refractivity contribution in [1.29, 1.82) is 0 Å². The average molecular weight is 267 g/mol. The predicted molar refractivity (Wildman–Crippen MR) is 64.9 cm³/mol. The van der Waals surface area contributed by atoms with Crippen LogP contribution in [0.4, 0.5) is 0 Å². The molecule has 0 aromatic carbocycles. The number of rotatable bonds is 3. The van der Waals surface area contributed by atoms with Crippen molar-refractivity contribution in [3.05, 3.63) is 35.0 Å². The van der Waals surface area contributed by atoms with Crippen molar-refractivity contribution in [3.8, 4) is 5.82 Å². The number of aromatic nitrogens is 4. The fourth-order valence-corrected chi connectivity index (χ4v) is 1.64. The van der Waals surface area contributed by atoms with Crippen LogP contribution in [0.1, 0.15) is 23.0 Å². The van der Waals surface area contributed by atoms with Crippen LogP contribution in [0.3, 0.4) is 0 Å². The maximum atomic E-state index is 11.6. The van der Waals surface area contributed by atoms with E-state index in [9.17, 15) is 4.79 Å². The normalized spacial score (nSPS) is 10.4. The molecule has 0 aliphatic carbocycles. The molecule has 0 aliphatic heterocycles. The maximum Gasteiger partial charge on any atom is 0.341 e. The van der Waals surface area contributed by atoms with Gasteiger partial charge >= 0.3 is 5.97 Å². The summed E-state index contributed by atoms with van der Waals surface area (Å²) in [6.45, 7) is 3.83. The molecule has 0 N–H and O–H groups in total. The van der Waals surface area contributed by atoms with Gasteiger partial charge in [-0.2, -0.15) is 10.1 Å². The van der Waals surface area contributed by atoms with E-state index in [1.54, 1.807) is 19.9 Å². The molecule has 18 heavy (non-hydrogen) atoms. The van der Waals surface area contributed by atoms with E-state index in [1.807, 2.05) is 0 Å². The van der Waals surface area contributed by atoms with Crippen LogP contribution in [-0.4, -0.2) is 32.3 Å². The van der Waals surface area contributed by atoms with E-state index < -0.39 is 5.97 Å². The van der Waals surface area contributed by atoms with Crippen LogP contribution in [0, 0.1) is 6.92 Å². The fraction of sp³-hybridized carbons (Fsp3) is 0.273. The molecule has 0 fully saturated rings. The van der Waals surface area contributed by atoms with Gasteiger partial charge in [-0.1, -0.05) is 0 Å². The lowest BCUT2D eigenvalue weighted by Gasteiger charge is -2.04. The van der Waals surface area contributed by atoms with Gasteiger partial charge < -0.3 is 4.74 Å². The van der Waals surface area contributed by atoms with Crippen molar-refractivity contribution in [2.24, 2.45) is 0 Å². The Morgan fingerprint density at radius 3 is 3.00 bits per heavy atom. The van der Waals surface area contributed by atoms with E-state index in [0.29, 0.717) is 23.7 Å². The summed E-state index contributed by atoms with van der Waals surface area (Å²) in [5, 5.41) is 4.22. The number of ether oxygens (including phenoxy) is 1. The molecule has 0 radical (unpaired) electrons. The zero-order chi connectivity index (χ0) is 13.1. The van der Waals surface area contributed by atoms with Crippen molar-refractivity contribution in [3.63, 3.8) is 0 Å². The van der Waals surface area contributed by atoms with E-state index >= 15 is 0 Å². The van der Waals surface area contributed by atoms with Gasteiger partial charge in [-0.05, 0) is 25.4 Å². The molecule has 2 heterocycles. The highest BCUT2D eigenvalue weighted by atomic mass is 35.5. The molecule has 0 bridgehead atoms. The summed E-state index contributed by atoms with van der Waals surface area (Å²) in [5.41, 5.74) is 1.05. The molecule has 94 valence electrons. The Bertz CT molecular complexity index is 582. The van der Waals surface area contributed by atoms with E-state index in [1.165, 1.54) is 17.1 Å². The number of halogens is 1. The number of carbonyl (C=O) groups is 1. The number of hydrogen-bond acceptors (Lipinski definition) is 5. The van der Waals surface area contributed by atoms with E-state index in [2.05, 4.69) is 15.1 Å². The van der Waals surface area contributed by atoms with Gasteiger partial charge in [0.05, 0.1) is 18.5 Å². The summed E-state index contributed by atoms with van der Waals surface area (Å²) < 4.78 is 6.44. The van der Waals surface area contributed by atoms with Crippen LogP contribution in [0.25, 0.3) is 5.82 Å². The smallest absolute Gasteiger partial charge is 0.341 e. The van der Waals surface area contributed by atoms with Gasteiger partial charge in [0.2, 0.25) is 5.28 Å². The predicted octanol–water partition coefficient (Wildman–Crippen LogP) is 1.80. The Hall–Kier alpha value is -1.95. The fourth-order valence-electron chi connectivity index (χ4n) is 1.49. The van der Waals surface area contributed by atoms with Crippen LogP contribution in [-0.2, 0) is 4.74 Å². The first-order valence-corrected chi connectivity index (χ1v) is 5.72. The lowest BCUT2D eigenvalue weighted by Crippen LogP contribution is -2.07. The van der Waals surface area contributed by atoms with Gasteiger partial charge in [-0.25, -0.2) is 14.5 Å². The molecule has 0 spiro atoms. The summed E-state index contributed by atoms with van der Waals surface area (Å²) >= 11 is 5.71. The first kappa shape index (κ1) is 12.5. The van der Waals surface area contributed by atoms with Crippen molar-refractivity contribution in [2.45, 2.75) is 13.8 Å². The number of nitrogens with zero attached hydrogens (tertiary/aromatic N) is 4. The Morgan fingerprint density at radius 2 is 2.33 bits per heavy atom. The first-order chi connectivity index (χ1) is 8.63. The Labute approximate surface area is 109 Å². The quantitative estimate of drug-likeness (QED) is 0.626. The SMILES string of the molecule is CCOC(=O)c1cnn(-c2ccnc(Cl)n2)c1C. The van der Waals surface area contributed by atoms with Crippen LogP contribution >= 0.6 is 11.6 Å². The molecule has 0 unspecified atom stereocenters. The van der Waals surface area contributed by atoms with E-state index in [4.69, 9.17) is 16.3 Å². The molecular weight excluding hydrogens is 256 g/mol. The maximum absolute atomic E-state index is 11.6. The standard InChI is InChI=1S/C11H11ClN4O2/c1-3-18-10(17)8-6-14-16(7(8)2)9-4-5-13-11(12)15-9/h4-6H,3H2,1-2H3. The molecule has 2 aromatic heterocycles. The zero-order valence-electron chi connectivity index (χ0n) is 9.92. The van der Waals surface area contributed by atoms with Gasteiger partial charge in [0.25, 0.3) is 0 Å². The summed E-state index contributed by atoms with van der Waals surface area (Å²) in [4.78, 5) is 19.5. The molecule has 2 aromatic rings. The molecule has 0 aliphatic rings. The molecule has 7 heteroatoms. The van der Waals surface area contributed by atoms with Crippen molar-refractivity contribution in [2.75, 3.05) is 6.61 Å². The topological polar surface area (TPSA) is 69.9 Å². The second kappa shape index (κ2) is 5.14. The van der Waals surface area contributed by atoms with Crippen LogP contribution in [0.15, 0.2) is 18.5 Å². The highest BCUT2D eigenvalue weighted by molar-refractivity contribution is 6.28. The van der Waals surface area contributed by atoms with Gasteiger partial charge in [0, 0.05) is 12.3 Å². The summed E-state index contributed by atoms with van der Waals surface area (Å²) in [6, 6.07) is 1.65. The second-order valence-electron chi connectivity index (χ2n) is 3.46. The number of esters is 1. The third kappa shape index (κ3) is 2.33. The van der Waals surface area contributed by atoms with Gasteiger partial charge in [0.15, 0.2) is 5.82 Å². The minimum atomic E-state index is -0.401. The van der Waals surface area contributed by atoms with E-state index in [-0.39, 0.29) is 5.28 Å². The average Bonchev–Trinajstić information content (AvgIpc) is 2.71. The summed E-state index contributed by atoms with van der Waals surface area (Å²) in [7, 11) is 0. The van der Waals surface area contributed by atoms with Crippen LogP contribution < -0.4 is 0 Å². The summed E-state index contributed by atoms with van der Waals surface area (Å²) in [6.07, 6.45) is 2.97. The molecule has 2 rings (SSSR count). The van der Waals surface area contributed by atoms with Crippen molar-refractivity contribution >= 4 is 17.6 Å². The molecule has 6 nitrogen and oxygen atoms in total. The summed E-state index contributed by atoms with van der Waals surface area (Å²) in [5.74, 6) is 0.101. The Morgan fingerprint density at radius 1 is 1.56 bits per heavy atom. The lowest BCUT2D eigenvalue weighted by atomic mass is 10.2. The minimum Gasteiger partial charge on any atom is -0.462 e. The monoisotopic (exact) mass is 266 g/mol. The second-order valence-corrected chi connectivity index (χ2v) is 3.80. The molecule has 0 saturated heterocycles. The lowest BCUT2D eigenvalue weighted by molar-refractivity contribution is 0.0525. The number of hydrogen-bond donors (Lipinski definition) is 0. The van der Waals surface area contributed by atoms with Gasteiger partial charge in [0.1, 0.15) is 5.56 Å². The van der Waals surface area contributed by atoms with Crippen LogP contribution in [0.2, 0.25) is 5.28 Å². The van der Waals surface area contributed by atoms with E-state index in [0.717, 1.165) is 0 Å². The third-order valence-electron chi connectivity index (χ3n) is 2.33. The molecule has 0 amide bonds. The third-order valence-corrected chi connectivity index (χ3v) is 2.52. The Balaban J connectivity index is 2.39. The largest absolute Gasteiger partial charge is 0.462 e. The Kier molecular flexibility index (Phi) is 3.57. The van der Waals surface area contributed by atoms with Gasteiger partial charge in [-0.15, -0.1) is 0 Å². The number of carbonyl (C=O) groups excluding carboxylic acids is 1. The minimum absolute atomic E-state index is 0.125. The van der Waals surface area contributed by atoms with Crippen LogP contribution in [0.5, 0.6) is 0 Å². The molecular formula is C11H11ClN4O2. The molecule has 0 atom stereocenters.